The summed E-state index contributed by atoms with van der Waals surface area (Å²) in [6.07, 6.45) is 6.11. The van der Waals surface area contributed by atoms with Gasteiger partial charge in [-0.25, -0.2) is 0 Å². The van der Waals surface area contributed by atoms with Crippen LogP contribution >= 0.6 is 11.6 Å². The molecular weight excluding hydrogens is 370 g/mol. The first-order chi connectivity index (χ1) is 13.5. The number of halogens is 1. The number of aryl methyl sites for hydroxylation is 1. The maximum atomic E-state index is 12.1. The second-order valence-electron chi connectivity index (χ2n) is 6.87. The van der Waals surface area contributed by atoms with E-state index in [1.165, 1.54) is 12.8 Å². The van der Waals surface area contributed by atoms with Crippen molar-refractivity contribution < 1.29 is 4.79 Å². The Bertz CT molecular complexity index is 1030. The van der Waals surface area contributed by atoms with E-state index in [0.717, 1.165) is 35.0 Å². The molecular formula is C23H24ClN3O. The van der Waals surface area contributed by atoms with E-state index >= 15 is 0 Å². The molecule has 0 aliphatic carbocycles. The molecule has 3 aromatic rings. The Morgan fingerprint density at radius 2 is 1.86 bits per heavy atom. The molecule has 28 heavy (non-hydrogen) atoms. The fourth-order valence-corrected chi connectivity index (χ4v) is 3.31. The molecule has 3 rings (SSSR count). The lowest BCUT2D eigenvalue weighted by Gasteiger charge is -2.10. The van der Waals surface area contributed by atoms with Crippen molar-refractivity contribution in [3.8, 4) is 0 Å². The van der Waals surface area contributed by atoms with E-state index in [1.807, 2.05) is 36.4 Å². The van der Waals surface area contributed by atoms with E-state index in [1.54, 1.807) is 18.2 Å². The van der Waals surface area contributed by atoms with Crippen LogP contribution in [0.5, 0.6) is 0 Å². The first-order valence-electron chi connectivity index (χ1n) is 9.44. The number of anilines is 1. The monoisotopic (exact) mass is 393 g/mol. The van der Waals surface area contributed by atoms with Gasteiger partial charge in [-0.15, -0.1) is 0 Å². The zero-order chi connectivity index (χ0) is 20.1. The number of nitrogens with two attached hydrogens (primary N) is 2. The first-order valence-corrected chi connectivity index (χ1v) is 9.82. The van der Waals surface area contributed by atoms with E-state index in [4.69, 9.17) is 28.1 Å². The van der Waals surface area contributed by atoms with E-state index in [-0.39, 0.29) is 0 Å². The van der Waals surface area contributed by atoms with Crippen molar-refractivity contribution in [2.45, 2.75) is 32.6 Å². The molecule has 1 heterocycles. The van der Waals surface area contributed by atoms with Crippen molar-refractivity contribution in [1.82, 2.24) is 4.98 Å². The molecule has 5 heteroatoms. The van der Waals surface area contributed by atoms with Crippen molar-refractivity contribution in [3.05, 3.63) is 70.4 Å². The lowest BCUT2D eigenvalue weighted by atomic mass is 9.99. The molecule has 1 aromatic heterocycles. The minimum absolute atomic E-state index is 0.413. The predicted molar refractivity (Wildman–Crippen MR) is 118 cm³/mol. The highest BCUT2D eigenvalue weighted by molar-refractivity contribution is 6.30. The summed E-state index contributed by atoms with van der Waals surface area (Å²) in [6.45, 7) is 2.18. The number of aromatic nitrogens is 1. The zero-order valence-electron chi connectivity index (χ0n) is 15.9. The predicted octanol–water partition coefficient (Wildman–Crippen LogP) is 5.23. The van der Waals surface area contributed by atoms with Crippen LogP contribution in [0, 0.1) is 0 Å². The lowest BCUT2D eigenvalue weighted by molar-refractivity contribution is -0.112. The highest BCUT2D eigenvalue weighted by Gasteiger charge is 2.12. The van der Waals surface area contributed by atoms with Crippen LogP contribution in [0.1, 0.15) is 43.0 Å². The van der Waals surface area contributed by atoms with Crippen LogP contribution in [-0.2, 0) is 11.2 Å². The van der Waals surface area contributed by atoms with Gasteiger partial charge in [0.2, 0.25) is 5.91 Å². The summed E-state index contributed by atoms with van der Waals surface area (Å²) in [4.78, 5) is 16.8. The Labute approximate surface area is 170 Å². The minimum Gasteiger partial charge on any atom is -0.398 e. The molecule has 0 aliphatic rings. The first kappa shape index (κ1) is 19.9. The Morgan fingerprint density at radius 3 is 2.54 bits per heavy atom. The van der Waals surface area contributed by atoms with Crippen molar-refractivity contribution in [3.63, 3.8) is 0 Å². The summed E-state index contributed by atoms with van der Waals surface area (Å²) in [5.74, 6) is -0.503. The number of nitrogen functional groups attached to an aromatic ring is 1. The van der Waals surface area contributed by atoms with Gasteiger partial charge in [0.25, 0.3) is 0 Å². The molecule has 2 aromatic carbocycles. The topological polar surface area (TPSA) is 82.0 Å². The molecule has 4 N–H and O–H groups in total. The van der Waals surface area contributed by atoms with Crippen LogP contribution in [-0.4, -0.2) is 10.9 Å². The number of primary amides is 1. The van der Waals surface area contributed by atoms with Crippen molar-refractivity contribution in [2.75, 3.05) is 5.73 Å². The molecule has 1 amide bonds. The molecule has 0 atom stereocenters. The Hall–Kier alpha value is -2.85. The maximum Gasteiger partial charge on any atom is 0.249 e. The van der Waals surface area contributed by atoms with Gasteiger partial charge in [-0.2, -0.15) is 0 Å². The largest absolute Gasteiger partial charge is 0.398 e. The van der Waals surface area contributed by atoms with Crippen LogP contribution in [0.3, 0.4) is 0 Å². The van der Waals surface area contributed by atoms with Crippen LogP contribution in [0.2, 0.25) is 5.02 Å². The van der Waals surface area contributed by atoms with Crippen molar-refractivity contribution in [2.24, 2.45) is 5.73 Å². The minimum atomic E-state index is -0.503. The number of hydrogen-bond donors (Lipinski definition) is 2. The van der Waals surface area contributed by atoms with Crippen molar-refractivity contribution >= 4 is 45.7 Å². The number of pyridine rings is 1. The number of rotatable bonds is 7. The summed E-state index contributed by atoms with van der Waals surface area (Å²) >= 11 is 5.93. The highest BCUT2D eigenvalue weighted by Crippen LogP contribution is 2.27. The van der Waals surface area contributed by atoms with Gasteiger partial charge in [-0.3, -0.25) is 9.78 Å². The van der Waals surface area contributed by atoms with Gasteiger partial charge in [0.1, 0.15) is 0 Å². The van der Waals surface area contributed by atoms with E-state index < -0.39 is 5.91 Å². The number of hydrogen-bond acceptors (Lipinski definition) is 3. The van der Waals surface area contributed by atoms with Gasteiger partial charge in [-0.05, 0) is 60.4 Å². The number of carbonyl (C=O) groups is 1. The van der Waals surface area contributed by atoms with Crippen LogP contribution in [0.15, 0.2) is 48.5 Å². The molecule has 0 aliphatic heterocycles. The lowest BCUT2D eigenvalue weighted by Crippen LogP contribution is -2.13. The molecule has 4 nitrogen and oxygen atoms in total. The zero-order valence-corrected chi connectivity index (χ0v) is 16.7. The SMILES string of the molecule is CCCCCc1cc(N)c2cc(C(=Cc3ccc(Cl)cc3)C(N)=O)ccc2n1. The van der Waals surface area contributed by atoms with Gasteiger partial charge in [0, 0.05) is 27.4 Å². The molecule has 0 unspecified atom stereocenters. The summed E-state index contributed by atoms with van der Waals surface area (Å²) in [7, 11) is 0. The van der Waals surface area contributed by atoms with E-state index in [9.17, 15) is 4.79 Å². The number of amides is 1. The second-order valence-corrected chi connectivity index (χ2v) is 7.30. The van der Waals surface area contributed by atoms with E-state index in [2.05, 4.69) is 6.92 Å². The maximum absolute atomic E-state index is 12.1. The molecule has 0 fully saturated rings. The second kappa shape index (κ2) is 8.89. The molecule has 0 radical (unpaired) electrons. The summed E-state index contributed by atoms with van der Waals surface area (Å²) < 4.78 is 0. The Kier molecular flexibility index (Phi) is 6.32. The van der Waals surface area contributed by atoms with Gasteiger partial charge in [0.15, 0.2) is 0 Å². The van der Waals surface area contributed by atoms with Gasteiger partial charge >= 0.3 is 0 Å². The van der Waals surface area contributed by atoms with Gasteiger partial charge < -0.3 is 11.5 Å². The fraction of sp³-hybridized carbons (Fsp3) is 0.217. The molecule has 0 saturated carbocycles. The van der Waals surface area contributed by atoms with Crippen LogP contribution in [0.25, 0.3) is 22.6 Å². The Balaban J connectivity index is 1.99. The highest BCUT2D eigenvalue weighted by atomic mass is 35.5. The fourth-order valence-electron chi connectivity index (χ4n) is 3.18. The third kappa shape index (κ3) is 4.70. The number of fused-ring (bicyclic) bond motifs is 1. The van der Waals surface area contributed by atoms with Gasteiger partial charge in [-0.1, -0.05) is 49.6 Å². The third-order valence-electron chi connectivity index (χ3n) is 4.69. The van der Waals surface area contributed by atoms with Crippen LogP contribution < -0.4 is 11.5 Å². The Morgan fingerprint density at radius 1 is 1.11 bits per heavy atom. The normalized spacial score (nSPS) is 11.7. The number of carbonyl (C=O) groups excluding carboxylic acids is 1. The third-order valence-corrected chi connectivity index (χ3v) is 4.94. The van der Waals surface area contributed by atoms with Gasteiger partial charge in [0.05, 0.1) is 5.52 Å². The number of nitrogens with zero attached hydrogens (tertiary/aromatic N) is 1. The van der Waals surface area contributed by atoms with Crippen molar-refractivity contribution in [1.29, 1.82) is 0 Å². The number of benzene rings is 2. The summed E-state index contributed by atoms with van der Waals surface area (Å²) in [6, 6.07) is 14.8. The average molecular weight is 394 g/mol. The quantitative estimate of drug-likeness (QED) is 0.327. The molecule has 0 saturated heterocycles. The smallest absolute Gasteiger partial charge is 0.249 e. The summed E-state index contributed by atoms with van der Waals surface area (Å²) in [5.41, 5.74) is 16.4. The standard InChI is InChI=1S/C23H24ClN3O/c1-2-3-4-5-18-14-21(25)20-13-16(8-11-22(20)27-18)19(23(26)28)12-15-6-9-17(24)10-7-15/h6-14H,2-5H2,1H3,(H2,25,27)(H2,26,28). The summed E-state index contributed by atoms with van der Waals surface area (Å²) in [5, 5.41) is 1.46. The average Bonchev–Trinajstić information content (AvgIpc) is 2.67. The molecule has 0 bridgehead atoms. The number of unbranched alkanes of at least 4 members (excludes halogenated alkanes) is 2. The molecule has 0 spiro atoms. The van der Waals surface area contributed by atoms with E-state index in [0.29, 0.717) is 21.8 Å². The molecule has 144 valence electrons. The van der Waals surface area contributed by atoms with Crippen LogP contribution in [0.4, 0.5) is 5.69 Å².